The highest BCUT2D eigenvalue weighted by atomic mass is 16.6. The van der Waals surface area contributed by atoms with Gasteiger partial charge in [-0.25, -0.2) is 4.79 Å². The molecule has 1 aliphatic rings. The molecule has 0 bridgehead atoms. The summed E-state index contributed by atoms with van der Waals surface area (Å²) in [7, 11) is 0. The van der Waals surface area contributed by atoms with Gasteiger partial charge in [0.05, 0.1) is 6.04 Å². The van der Waals surface area contributed by atoms with Crippen LogP contribution < -0.4 is 10.6 Å². The Balaban J connectivity index is 1.84. The maximum atomic E-state index is 12.0. The van der Waals surface area contributed by atoms with Crippen LogP contribution in [0.5, 0.6) is 0 Å². The lowest BCUT2D eigenvalue weighted by atomic mass is 9.89. The third-order valence-electron chi connectivity index (χ3n) is 4.04. The van der Waals surface area contributed by atoms with Crippen molar-refractivity contribution in [1.29, 1.82) is 0 Å². The van der Waals surface area contributed by atoms with Crippen molar-refractivity contribution in [3.05, 3.63) is 34.9 Å². The van der Waals surface area contributed by atoms with Crippen LogP contribution in [0.4, 0.5) is 4.79 Å². The quantitative estimate of drug-likeness (QED) is 0.889. The third kappa shape index (κ3) is 5.55. The Morgan fingerprint density at radius 2 is 1.83 bits per heavy atom. The molecule has 0 aliphatic heterocycles. The molecule has 1 aliphatic carbocycles. The van der Waals surface area contributed by atoms with Gasteiger partial charge in [-0.2, -0.15) is 0 Å². The van der Waals surface area contributed by atoms with E-state index in [2.05, 4.69) is 28.8 Å². The summed E-state index contributed by atoms with van der Waals surface area (Å²) in [5.74, 6) is -0.230. The zero-order chi connectivity index (χ0) is 17.7. The lowest BCUT2D eigenvalue weighted by Crippen LogP contribution is -2.40. The molecule has 2 N–H and O–H groups in total. The highest BCUT2D eigenvalue weighted by Crippen LogP contribution is 2.24. The molecule has 2 rings (SSSR count). The first-order chi connectivity index (χ1) is 11.2. The first kappa shape index (κ1) is 18.3. The lowest BCUT2D eigenvalue weighted by molar-refractivity contribution is -0.120. The molecular weight excluding hydrogens is 304 g/mol. The molecular formula is C19H28N2O3. The van der Waals surface area contributed by atoms with E-state index in [0.29, 0.717) is 0 Å². The minimum atomic E-state index is -0.584. The average Bonchev–Trinajstić information content (AvgIpc) is 2.51. The summed E-state index contributed by atoms with van der Waals surface area (Å²) in [5.41, 5.74) is 3.35. The fourth-order valence-corrected chi connectivity index (χ4v) is 2.87. The van der Waals surface area contributed by atoms with Crippen LogP contribution in [0.15, 0.2) is 18.2 Å². The number of ether oxygens (including phenoxy) is 1. The van der Waals surface area contributed by atoms with E-state index in [1.165, 1.54) is 24.0 Å². The van der Waals surface area contributed by atoms with Crippen LogP contribution >= 0.6 is 0 Å². The van der Waals surface area contributed by atoms with Crippen molar-refractivity contribution >= 4 is 12.0 Å². The monoisotopic (exact) mass is 332 g/mol. The molecule has 0 heterocycles. The van der Waals surface area contributed by atoms with Gasteiger partial charge in [-0.05, 0) is 70.1 Å². The number of amides is 2. The van der Waals surface area contributed by atoms with Crippen molar-refractivity contribution in [2.45, 2.75) is 65.0 Å². The van der Waals surface area contributed by atoms with Gasteiger partial charge in [-0.3, -0.25) is 4.79 Å². The number of carbonyl (C=O) groups is 2. The number of alkyl carbamates (subject to hydrolysis) is 1. The average molecular weight is 332 g/mol. The van der Waals surface area contributed by atoms with Crippen molar-refractivity contribution in [1.82, 2.24) is 10.6 Å². The largest absolute Gasteiger partial charge is 0.444 e. The number of carbonyl (C=O) groups excluding carboxylic acids is 2. The Bertz CT molecular complexity index is 605. The first-order valence-electron chi connectivity index (χ1n) is 8.62. The zero-order valence-electron chi connectivity index (χ0n) is 15.1. The van der Waals surface area contributed by atoms with Gasteiger partial charge in [-0.1, -0.05) is 18.2 Å². The smallest absolute Gasteiger partial charge is 0.408 e. The van der Waals surface area contributed by atoms with Crippen LogP contribution in [0.2, 0.25) is 0 Å². The topological polar surface area (TPSA) is 67.4 Å². The maximum absolute atomic E-state index is 12.0. The molecule has 1 aromatic rings. The summed E-state index contributed by atoms with van der Waals surface area (Å²) in [5, 5.41) is 5.38. The highest BCUT2D eigenvalue weighted by molar-refractivity contribution is 5.82. The number of fused-ring (bicyclic) bond motifs is 1. The van der Waals surface area contributed by atoms with Gasteiger partial charge in [0.2, 0.25) is 5.91 Å². The van der Waals surface area contributed by atoms with Gasteiger partial charge in [-0.15, -0.1) is 0 Å². The molecule has 1 aromatic carbocycles. The summed E-state index contributed by atoms with van der Waals surface area (Å²) in [4.78, 5) is 23.6. The van der Waals surface area contributed by atoms with Crippen molar-refractivity contribution in [2.24, 2.45) is 0 Å². The van der Waals surface area contributed by atoms with Gasteiger partial charge in [0, 0.05) is 0 Å². The van der Waals surface area contributed by atoms with E-state index in [4.69, 9.17) is 4.74 Å². The second-order valence-electron chi connectivity index (χ2n) is 7.38. The SMILES string of the molecule is CC(NC(=O)CNC(=O)OC(C)(C)C)c1ccc2c(c1)CCCC2. The Morgan fingerprint density at radius 1 is 1.17 bits per heavy atom. The molecule has 0 aromatic heterocycles. The van der Waals surface area contributed by atoms with Gasteiger partial charge in [0.15, 0.2) is 0 Å². The van der Waals surface area contributed by atoms with Gasteiger partial charge < -0.3 is 15.4 Å². The van der Waals surface area contributed by atoms with Gasteiger partial charge in [0.25, 0.3) is 0 Å². The summed E-state index contributed by atoms with van der Waals surface area (Å²) >= 11 is 0. The van der Waals surface area contributed by atoms with Crippen LogP contribution in [-0.2, 0) is 22.4 Å². The maximum Gasteiger partial charge on any atom is 0.408 e. The van der Waals surface area contributed by atoms with E-state index in [1.54, 1.807) is 20.8 Å². The lowest BCUT2D eigenvalue weighted by Gasteiger charge is -2.21. The number of hydrogen-bond donors (Lipinski definition) is 2. The Hall–Kier alpha value is -2.04. The van der Waals surface area contributed by atoms with E-state index in [1.807, 2.05) is 6.92 Å². The van der Waals surface area contributed by atoms with E-state index in [9.17, 15) is 9.59 Å². The second kappa shape index (κ2) is 7.69. The second-order valence-corrected chi connectivity index (χ2v) is 7.38. The molecule has 0 spiro atoms. The minimum Gasteiger partial charge on any atom is -0.444 e. The number of nitrogens with one attached hydrogen (secondary N) is 2. The molecule has 0 fully saturated rings. The van der Waals surface area contributed by atoms with Crippen molar-refractivity contribution in [3.8, 4) is 0 Å². The Kier molecular flexibility index (Phi) is 5.86. The first-order valence-corrected chi connectivity index (χ1v) is 8.62. The van der Waals surface area contributed by atoms with Crippen LogP contribution in [0.1, 0.15) is 63.3 Å². The van der Waals surface area contributed by atoms with E-state index in [-0.39, 0.29) is 18.5 Å². The standard InChI is InChI=1S/C19H28N2O3/c1-13(15-10-9-14-7-5-6-8-16(14)11-15)21-17(22)12-20-18(23)24-19(2,3)4/h9-11,13H,5-8,12H2,1-4H3,(H,20,23)(H,21,22). The van der Waals surface area contributed by atoms with Crippen molar-refractivity contribution in [2.75, 3.05) is 6.54 Å². The molecule has 24 heavy (non-hydrogen) atoms. The molecule has 0 radical (unpaired) electrons. The van der Waals surface area contributed by atoms with E-state index >= 15 is 0 Å². The molecule has 5 nitrogen and oxygen atoms in total. The zero-order valence-corrected chi connectivity index (χ0v) is 15.1. The van der Waals surface area contributed by atoms with E-state index in [0.717, 1.165) is 18.4 Å². The summed E-state index contributed by atoms with van der Waals surface area (Å²) < 4.78 is 5.11. The number of benzene rings is 1. The summed E-state index contributed by atoms with van der Waals surface area (Å²) in [6.07, 6.45) is 4.17. The van der Waals surface area contributed by atoms with Crippen LogP contribution in [0.25, 0.3) is 0 Å². The summed E-state index contributed by atoms with van der Waals surface area (Å²) in [6.45, 7) is 7.21. The normalized spacial score (nSPS) is 15.2. The minimum absolute atomic E-state index is 0.0924. The molecule has 1 unspecified atom stereocenters. The molecule has 1 atom stereocenters. The fourth-order valence-electron chi connectivity index (χ4n) is 2.87. The molecule has 0 saturated carbocycles. The predicted molar refractivity (Wildman–Crippen MR) is 93.9 cm³/mol. The van der Waals surface area contributed by atoms with Crippen LogP contribution in [0, 0.1) is 0 Å². The Labute approximate surface area is 144 Å². The molecule has 5 heteroatoms. The number of aryl methyl sites for hydroxylation is 2. The van der Waals surface area contributed by atoms with Crippen LogP contribution in [-0.4, -0.2) is 24.1 Å². The molecule has 2 amide bonds. The van der Waals surface area contributed by atoms with E-state index < -0.39 is 11.7 Å². The van der Waals surface area contributed by atoms with Gasteiger partial charge >= 0.3 is 6.09 Å². The fraction of sp³-hybridized carbons (Fsp3) is 0.579. The van der Waals surface area contributed by atoms with Crippen LogP contribution in [0.3, 0.4) is 0 Å². The third-order valence-corrected chi connectivity index (χ3v) is 4.04. The van der Waals surface area contributed by atoms with Crippen molar-refractivity contribution < 1.29 is 14.3 Å². The number of rotatable bonds is 4. The van der Waals surface area contributed by atoms with Gasteiger partial charge in [0.1, 0.15) is 12.1 Å². The molecule has 0 saturated heterocycles. The molecule has 132 valence electrons. The Morgan fingerprint density at radius 3 is 2.50 bits per heavy atom. The predicted octanol–water partition coefficient (Wildman–Crippen LogP) is 3.27. The number of hydrogen-bond acceptors (Lipinski definition) is 3. The summed E-state index contributed by atoms with van der Waals surface area (Å²) in [6, 6.07) is 6.35. The van der Waals surface area contributed by atoms with Crippen molar-refractivity contribution in [3.63, 3.8) is 0 Å². The highest BCUT2D eigenvalue weighted by Gasteiger charge is 2.18.